The molecule has 122 valence electrons. The summed E-state index contributed by atoms with van der Waals surface area (Å²) in [6.07, 6.45) is 1.94. The number of carbonyl (C=O) groups excluding carboxylic acids is 1. The number of carbonyl (C=O) groups is 1. The van der Waals surface area contributed by atoms with E-state index in [1.165, 1.54) is 11.3 Å². The third-order valence-corrected chi connectivity index (χ3v) is 5.12. The highest BCUT2D eigenvalue weighted by atomic mass is 35.5. The number of thiazole rings is 1. The van der Waals surface area contributed by atoms with Crippen molar-refractivity contribution in [2.75, 3.05) is 5.32 Å². The summed E-state index contributed by atoms with van der Waals surface area (Å²) in [4.78, 5) is 21.9. The quantitative estimate of drug-likeness (QED) is 0.695. The molecule has 0 saturated heterocycles. The van der Waals surface area contributed by atoms with Crippen LogP contribution >= 0.6 is 34.5 Å². The summed E-state index contributed by atoms with van der Waals surface area (Å²) in [6.45, 7) is 1.90. The molecule has 3 aromatic rings. The highest BCUT2D eigenvalue weighted by molar-refractivity contribution is 7.19. The van der Waals surface area contributed by atoms with Crippen LogP contribution in [0, 0.1) is 6.92 Å². The molecule has 2 heterocycles. The van der Waals surface area contributed by atoms with Gasteiger partial charge < -0.3 is 5.32 Å². The smallest absolute Gasteiger partial charge is 0.230 e. The summed E-state index contributed by atoms with van der Waals surface area (Å²) < 4.78 is 0. The van der Waals surface area contributed by atoms with Crippen LogP contribution in [0.5, 0.6) is 0 Å². The fourth-order valence-corrected chi connectivity index (χ4v) is 3.46. The molecule has 7 heteroatoms. The van der Waals surface area contributed by atoms with E-state index in [2.05, 4.69) is 15.3 Å². The van der Waals surface area contributed by atoms with Crippen molar-refractivity contribution in [3.63, 3.8) is 0 Å². The van der Waals surface area contributed by atoms with Crippen molar-refractivity contribution >= 4 is 45.6 Å². The van der Waals surface area contributed by atoms with Crippen LogP contribution in [0.2, 0.25) is 10.0 Å². The van der Waals surface area contributed by atoms with Crippen molar-refractivity contribution in [2.45, 2.75) is 13.3 Å². The third-order valence-electron chi connectivity index (χ3n) is 3.29. The lowest BCUT2D eigenvalue weighted by Gasteiger charge is -2.03. The molecule has 0 aliphatic heterocycles. The number of hydrogen-bond donors (Lipinski definition) is 1. The van der Waals surface area contributed by atoms with E-state index in [0.29, 0.717) is 15.2 Å². The monoisotopic (exact) mass is 377 g/mol. The van der Waals surface area contributed by atoms with Crippen molar-refractivity contribution in [2.24, 2.45) is 0 Å². The number of nitrogens with one attached hydrogen (secondary N) is 1. The van der Waals surface area contributed by atoms with E-state index in [9.17, 15) is 4.79 Å². The van der Waals surface area contributed by atoms with Gasteiger partial charge in [-0.3, -0.25) is 9.78 Å². The van der Waals surface area contributed by atoms with Crippen LogP contribution in [0.1, 0.15) is 11.3 Å². The highest BCUT2D eigenvalue weighted by Crippen LogP contribution is 2.31. The zero-order valence-electron chi connectivity index (χ0n) is 12.7. The maximum atomic E-state index is 12.2. The van der Waals surface area contributed by atoms with E-state index < -0.39 is 0 Å². The number of pyridine rings is 1. The molecule has 0 unspecified atom stereocenters. The first-order valence-electron chi connectivity index (χ1n) is 7.15. The van der Waals surface area contributed by atoms with Crippen molar-refractivity contribution in [1.82, 2.24) is 9.97 Å². The van der Waals surface area contributed by atoms with Crippen LogP contribution in [0.15, 0.2) is 42.6 Å². The second kappa shape index (κ2) is 7.30. The first-order valence-corrected chi connectivity index (χ1v) is 8.73. The molecule has 0 radical (unpaired) electrons. The maximum Gasteiger partial charge on any atom is 0.230 e. The first kappa shape index (κ1) is 16.9. The minimum atomic E-state index is -0.158. The minimum Gasteiger partial charge on any atom is -0.302 e. The lowest BCUT2D eigenvalue weighted by molar-refractivity contribution is -0.115. The van der Waals surface area contributed by atoms with Gasteiger partial charge in [0.05, 0.1) is 32.7 Å². The van der Waals surface area contributed by atoms with Gasteiger partial charge >= 0.3 is 0 Å². The zero-order chi connectivity index (χ0) is 17.1. The topological polar surface area (TPSA) is 54.9 Å². The van der Waals surface area contributed by atoms with Gasteiger partial charge in [0.1, 0.15) is 0 Å². The van der Waals surface area contributed by atoms with E-state index in [-0.39, 0.29) is 12.3 Å². The Morgan fingerprint density at radius 1 is 1.21 bits per heavy atom. The molecule has 24 heavy (non-hydrogen) atoms. The molecule has 0 bridgehead atoms. The van der Waals surface area contributed by atoms with Crippen molar-refractivity contribution in [1.29, 1.82) is 0 Å². The number of benzene rings is 1. The van der Waals surface area contributed by atoms with Gasteiger partial charge in [0.15, 0.2) is 5.13 Å². The normalized spacial score (nSPS) is 10.6. The third kappa shape index (κ3) is 3.93. The van der Waals surface area contributed by atoms with Gasteiger partial charge in [0.25, 0.3) is 0 Å². The van der Waals surface area contributed by atoms with Crippen LogP contribution in [0.4, 0.5) is 5.13 Å². The van der Waals surface area contributed by atoms with Gasteiger partial charge in [-0.2, -0.15) is 0 Å². The largest absolute Gasteiger partial charge is 0.302 e. The number of hydrogen-bond acceptors (Lipinski definition) is 4. The molecule has 3 rings (SSSR count). The summed E-state index contributed by atoms with van der Waals surface area (Å²) in [5.41, 5.74) is 2.47. The fraction of sp³-hybridized carbons (Fsp3) is 0.118. The van der Waals surface area contributed by atoms with E-state index >= 15 is 0 Å². The molecule has 4 nitrogen and oxygen atoms in total. The summed E-state index contributed by atoms with van der Waals surface area (Å²) in [5, 5.41) is 4.28. The fourth-order valence-electron chi connectivity index (χ4n) is 2.18. The average Bonchev–Trinajstić information content (AvgIpc) is 2.92. The van der Waals surface area contributed by atoms with Crippen LogP contribution < -0.4 is 5.32 Å². The predicted octanol–water partition coefficient (Wildman–Crippen LogP) is 5.00. The molecule has 2 aromatic heterocycles. The highest BCUT2D eigenvalue weighted by Gasteiger charge is 2.13. The number of nitrogens with zero attached hydrogens (tertiary/aromatic N) is 2. The molecule has 1 aromatic carbocycles. The van der Waals surface area contributed by atoms with Crippen molar-refractivity contribution in [3.8, 4) is 10.6 Å². The van der Waals surface area contributed by atoms with Crippen LogP contribution in [-0.4, -0.2) is 15.9 Å². The van der Waals surface area contributed by atoms with Gasteiger partial charge in [0.2, 0.25) is 5.91 Å². The minimum absolute atomic E-state index is 0.158. The summed E-state index contributed by atoms with van der Waals surface area (Å²) >= 11 is 13.3. The second-order valence-electron chi connectivity index (χ2n) is 5.12. The Kier molecular flexibility index (Phi) is 5.14. The van der Waals surface area contributed by atoms with Crippen LogP contribution in [0.3, 0.4) is 0 Å². The molecule has 0 aliphatic carbocycles. The molecule has 0 spiro atoms. The van der Waals surface area contributed by atoms with E-state index in [4.69, 9.17) is 23.2 Å². The maximum absolute atomic E-state index is 12.2. The van der Waals surface area contributed by atoms with Gasteiger partial charge in [-0.05, 0) is 36.8 Å². The molecule has 1 N–H and O–H groups in total. The summed E-state index contributed by atoms with van der Waals surface area (Å²) in [5.74, 6) is -0.158. The number of amides is 1. The molecule has 0 aliphatic rings. The Labute approximate surface area is 153 Å². The second-order valence-corrected chi connectivity index (χ2v) is 6.94. The van der Waals surface area contributed by atoms with Crippen LogP contribution in [0.25, 0.3) is 10.6 Å². The molecule has 0 fully saturated rings. The van der Waals surface area contributed by atoms with Gasteiger partial charge in [0, 0.05) is 6.20 Å². The summed E-state index contributed by atoms with van der Waals surface area (Å²) in [6, 6.07) is 10.8. The van der Waals surface area contributed by atoms with E-state index in [0.717, 1.165) is 21.8 Å². The Hall–Kier alpha value is -1.95. The number of halogens is 2. The standard InChI is InChI=1S/C17H13Cl2N3OS/c1-10-16(14-4-2-3-7-20-14)24-17(21-10)22-15(23)9-11-5-6-12(18)13(19)8-11/h2-8H,9H2,1H3,(H,21,22,23). The van der Waals surface area contributed by atoms with Gasteiger partial charge in [-0.1, -0.05) is 46.7 Å². The lowest BCUT2D eigenvalue weighted by atomic mass is 10.1. The number of aromatic nitrogens is 2. The number of rotatable bonds is 4. The zero-order valence-corrected chi connectivity index (χ0v) is 15.0. The number of aryl methyl sites for hydroxylation is 1. The van der Waals surface area contributed by atoms with E-state index in [1.807, 2.05) is 25.1 Å². The van der Waals surface area contributed by atoms with Gasteiger partial charge in [-0.25, -0.2) is 4.98 Å². The van der Waals surface area contributed by atoms with Crippen molar-refractivity contribution in [3.05, 3.63) is 63.9 Å². The van der Waals surface area contributed by atoms with E-state index in [1.54, 1.807) is 24.4 Å². The molecule has 0 atom stereocenters. The average molecular weight is 378 g/mol. The SMILES string of the molecule is Cc1nc(NC(=O)Cc2ccc(Cl)c(Cl)c2)sc1-c1ccccn1. The Bertz CT molecular complexity index is 881. The molecule has 1 amide bonds. The Balaban J connectivity index is 1.72. The lowest BCUT2D eigenvalue weighted by Crippen LogP contribution is -2.14. The Morgan fingerprint density at radius 3 is 2.75 bits per heavy atom. The molecular weight excluding hydrogens is 365 g/mol. The number of anilines is 1. The first-order chi connectivity index (χ1) is 11.5. The molecule has 0 saturated carbocycles. The van der Waals surface area contributed by atoms with Crippen LogP contribution in [-0.2, 0) is 11.2 Å². The molecular formula is C17H13Cl2N3OS. The van der Waals surface area contributed by atoms with Crippen molar-refractivity contribution < 1.29 is 4.79 Å². The summed E-state index contributed by atoms with van der Waals surface area (Å²) in [7, 11) is 0. The predicted molar refractivity (Wildman–Crippen MR) is 98.9 cm³/mol. The Morgan fingerprint density at radius 2 is 2.04 bits per heavy atom. The van der Waals surface area contributed by atoms with Gasteiger partial charge in [-0.15, -0.1) is 0 Å².